The highest BCUT2D eigenvalue weighted by molar-refractivity contribution is 5.88. The second-order valence-corrected chi connectivity index (χ2v) is 4.17. The third-order valence-corrected chi connectivity index (χ3v) is 3.00. The van der Waals surface area contributed by atoms with Gasteiger partial charge in [-0.15, -0.1) is 0 Å². The lowest BCUT2D eigenvalue weighted by molar-refractivity contribution is 0.0692. The smallest absolute Gasteiger partial charge is 0.338 e. The molecule has 1 aromatic carbocycles. The monoisotopic (exact) mass is 234 g/mol. The summed E-state index contributed by atoms with van der Waals surface area (Å²) in [4.78, 5) is 10.6. The number of carboxylic acid groups (broad SMARTS) is 1. The Kier molecular flexibility index (Phi) is 2.72. The van der Waals surface area contributed by atoms with E-state index < -0.39 is 17.3 Å². The van der Waals surface area contributed by atoms with Crippen molar-refractivity contribution in [1.82, 2.24) is 0 Å². The summed E-state index contributed by atoms with van der Waals surface area (Å²) in [6.45, 7) is 0. The fourth-order valence-corrected chi connectivity index (χ4v) is 1.84. The Hall–Kier alpha value is -2.09. The third-order valence-electron chi connectivity index (χ3n) is 3.00. The van der Waals surface area contributed by atoms with Gasteiger partial charge in [0, 0.05) is 5.69 Å². The molecule has 1 aromatic rings. The molecule has 1 fully saturated rings. The zero-order valence-electron chi connectivity index (χ0n) is 9.03. The van der Waals surface area contributed by atoms with E-state index in [1.807, 2.05) is 0 Å². The maximum atomic E-state index is 13.4. The molecule has 0 heterocycles. The number of benzene rings is 1. The number of anilines is 1. The number of nitrogens with zero attached hydrogens (tertiary/aromatic N) is 1. The summed E-state index contributed by atoms with van der Waals surface area (Å²) < 4.78 is 13.4. The minimum absolute atomic E-state index is 0.366. The highest BCUT2D eigenvalue weighted by Gasteiger charge is 2.37. The van der Waals surface area contributed by atoms with E-state index in [1.54, 1.807) is 0 Å². The van der Waals surface area contributed by atoms with E-state index >= 15 is 0 Å². The van der Waals surface area contributed by atoms with Crippen LogP contribution >= 0.6 is 0 Å². The number of carbonyl (C=O) groups is 1. The number of hydrogen-bond acceptors (Lipinski definition) is 3. The quantitative estimate of drug-likeness (QED) is 0.842. The number of nitriles is 1. The summed E-state index contributed by atoms with van der Waals surface area (Å²) in [5, 5.41) is 20.6. The largest absolute Gasteiger partial charge is 0.478 e. The van der Waals surface area contributed by atoms with Gasteiger partial charge in [0.2, 0.25) is 0 Å². The highest BCUT2D eigenvalue weighted by Crippen LogP contribution is 2.34. The van der Waals surface area contributed by atoms with Crippen LogP contribution in [-0.2, 0) is 0 Å². The van der Waals surface area contributed by atoms with Crippen LogP contribution in [0, 0.1) is 17.1 Å². The second kappa shape index (κ2) is 4.06. The van der Waals surface area contributed by atoms with Gasteiger partial charge in [-0.2, -0.15) is 5.26 Å². The summed E-state index contributed by atoms with van der Waals surface area (Å²) in [7, 11) is 0. The van der Waals surface area contributed by atoms with E-state index in [0.29, 0.717) is 5.69 Å². The first-order valence-electron chi connectivity index (χ1n) is 5.29. The molecule has 0 atom stereocenters. The van der Waals surface area contributed by atoms with E-state index in [9.17, 15) is 9.18 Å². The SMILES string of the molecule is N#CC1(Nc2ccc(C(=O)O)c(F)c2)CCC1. The Bertz CT molecular complexity index is 504. The molecule has 2 N–H and O–H groups in total. The Balaban J connectivity index is 2.21. The Labute approximate surface area is 97.7 Å². The number of nitrogens with one attached hydrogen (secondary N) is 1. The van der Waals surface area contributed by atoms with Crippen molar-refractivity contribution in [1.29, 1.82) is 5.26 Å². The Morgan fingerprint density at radius 1 is 1.53 bits per heavy atom. The van der Waals surface area contributed by atoms with Gasteiger partial charge in [-0.25, -0.2) is 9.18 Å². The molecule has 0 spiro atoms. The van der Waals surface area contributed by atoms with Crippen LogP contribution in [-0.4, -0.2) is 16.6 Å². The molecule has 5 heteroatoms. The zero-order valence-corrected chi connectivity index (χ0v) is 9.03. The minimum Gasteiger partial charge on any atom is -0.478 e. The van der Waals surface area contributed by atoms with Crippen molar-refractivity contribution in [2.24, 2.45) is 0 Å². The summed E-state index contributed by atoms with van der Waals surface area (Å²) in [6.07, 6.45) is 2.42. The van der Waals surface area contributed by atoms with Crippen molar-refractivity contribution in [3.05, 3.63) is 29.6 Å². The predicted octanol–water partition coefficient (Wildman–Crippen LogP) is 2.38. The molecule has 1 saturated carbocycles. The first-order chi connectivity index (χ1) is 8.06. The lowest BCUT2D eigenvalue weighted by atomic mass is 9.78. The fourth-order valence-electron chi connectivity index (χ4n) is 1.84. The third kappa shape index (κ3) is 2.07. The van der Waals surface area contributed by atoms with Crippen molar-refractivity contribution >= 4 is 11.7 Å². The fraction of sp³-hybridized carbons (Fsp3) is 0.333. The summed E-state index contributed by atoms with van der Waals surface area (Å²) >= 11 is 0. The van der Waals surface area contributed by atoms with Gasteiger partial charge in [0.1, 0.15) is 11.4 Å². The molecule has 88 valence electrons. The van der Waals surface area contributed by atoms with E-state index in [2.05, 4.69) is 11.4 Å². The van der Waals surface area contributed by atoms with Crippen molar-refractivity contribution in [3.63, 3.8) is 0 Å². The summed E-state index contributed by atoms with van der Waals surface area (Å²) in [6, 6.07) is 5.96. The van der Waals surface area contributed by atoms with Gasteiger partial charge in [0.15, 0.2) is 0 Å². The van der Waals surface area contributed by atoms with Crippen LogP contribution in [0.25, 0.3) is 0 Å². The number of aromatic carboxylic acids is 1. The summed E-state index contributed by atoms with van der Waals surface area (Å²) in [5.74, 6) is -2.09. The standard InChI is InChI=1S/C12H11FN2O2/c13-10-6-8(2-3-9(10)11(16)17)15-12(7-14)4-1-5-12/h2-3,6,15H,1,4-5H2,(H,16,17). The van der Waals surface area contributed by atoms with Gasteiger partial charge in [0.05, 0.1) is 11.6 Å². The van der Waals surface area contributed by atoms with E-state index in [0.717, 1.165) is 25.3 Å². The normalized spacial score (nSPS) is 16.7. The lowest BCUT2D eigenvalue weighted by Crippen LogP contribution is -2.43. The lowest BCUT2D eigenvalue weighted by Gasteiger charge is -2.36. The van der Waals surface area contributed by atoms with Gasteiger partial charge >= 0.3 is 5.97 Å². The van der Waals surface area contributed by atoms with Crippen molar-refractivity contribution in [2.45, 2.75) is 24.8 Å². The maximum absolute atomic E-state index is 13.4. The molecule has 0 bridgehead atoms. The first kappa shape index (κ1) is 11.4. The van der Waals surface area contributed by atoms with Crippen LogP contribution in [0.4, 0.5) is 10.1 Å². The van der Waals surface area contributed by atoms with Gasteiger partial charge in [-0.3, -0.25) is 0 Å². The maximum Gasteiger partial charge on any atom is 0.338 e. The van der Waals surface area contributed by atoms with E-state index in [-0.39, 0.29) is 5.56 Å². The van der Waals surface area contributed by atoms with Crippen LogP contribution in [0.1, 0.15) is 29.6 Å². The molecule has 2 rings (SSSR count). The molecule has 1 aliphatic carbocycles. The number of rotatable bonds is 3. The topological polar surface area (TPSA) is 73.1 Å². The van der Waals surface area contributed by atoms with Crippen LogP contribution in [0.5, 0.6) is 0 Å². The average Bonchev–Trinajstić information content (AvgIpc) is 2.23. The van der Waals surface area contributed by atoms with Crippen LogP contribution in [0.2, 0.25) is 0 Å². The van der Waals surface area contributed by atoms with Crippen molar-refractivity contribution in [3.8, 4) is 6.07 Å². The van der Waals surface area contributed by atoms with Gasteiger partial charge in [0.25, 0.3) is 0 Å². The highest BCUT2D eigenvalue weighted by atomic mass is 19.1. The molecule has 0 saturated heterocycles. The van der Waals surface area contributed by atoms with Gasteiger partial charge in [-0.1, -0.05) is 0 Å². The average molecular weight is 234 g/mol. The summed E-state index contributed by atoms with van der Waals surface area (Å²) in [5.41, 5.74) is -0.541. The van der Waals surface area contributed by atoms with Gasteiger partial charge in [-0.05, 0) is 37.5 Å². The zero-order chi connectivity index (χ0) is 12.5. The minimum atomic E-state index is -1.30. The number of hydrogen-bond donors (Lipinski definition) is 2. The molecular formula is C12H11FN2O2. The van der Waals surface area contributed by atoms with Crippen molar-refractivity contribution < 1.29 is 14.3 Å². The van der Waals surface area contributed by atoms with Gasteiger partial charge < -0.3 is 10.4 Å². The molecule has 4 nitrogen and oxygen atoms in total. The second-order valence-electron chi connectivity index (χ2n) is 4.17. The molecule has 1 aliphatic rings. The molecular weight excluding hydrogens is 223 g/mol. The molecule has 0 amide bonds. The molecule has 17 heavy (non-hydrogen) atoms. The van der Waals surface area contributed by atoms with Crippen LogP contribution in [0.15, 0.2) is 18.2 Å². The molecule has 0 aromatic heterocycles. The Morgan fingerprint density at radius 2 is 2.24 bits per heavy atom. The molecule has 0 radical (unpaired) electrons. The van der Waals surface area contributed by atoms with Crippen molar-refractivity contribution in [2.75, 3.05) is 5.32 Å². The van der Waals surface area contributed by atoms with E-state index in [1.165, 1.54) is 12.1 Å². The number of carboxylic acids is 1. The molecule has 0 unspecified atom stereocenters. The van der Waals surface area contributed by atoms with Crippen LogP contribution in [0.3, 0.4) is 0 Å². The first-order valence-corrected chi connectivity index (χ1v) is 5.29. The predicted molar refractivity (Wildman–Crippen MR) is 59.2 cm³/mol. The van der Waals surface area contributed by atoms with Crippen LogP contribution < -0.4 is 5.32 Å². The molecule has 0 aliphatic heterocycles. The number of halogens is 1. The Morgan fingerprint density at radius 3 is 2.65 bits per heavy atom. The van der Waals surface area contributed by atoms with E-state index in [4.69, 9.17) is 10.4 Å².